The molecule has 5 nitrogen and oxygen atoms in total. The fourth-order valence-corrected chi connectivity index (χ4v) is 3.63. The lowest BCUT2D eigenvalue weighted by molar-refractivity contribution is -0.122. The summed E-state index contributed by atoms with van der Waals surface area (Å²) in [7, 11) is 3.21. The number of ether oxygens (including phenoxy) is 3. The van der Waals surface area contributed by atoms with Gasteiger partial charge in [0.1, 0.15) is 4.32 Å². The normalized spacial score (nSPS) is 16.0. The predicted molar refractivity (Wildman–Crippen MR) is 110 cm³/mol. The second-order valence-corrected chi connectivity index (χ2v) is 7.94. The SMILES string of the molecule is COCCN1C(=O)/C(=C/c2ccc(OCCC(C)C)c(OC)c2)SC1=S. The molecule has 1 fully saturated rings. The van der Waals surface area contributed by atoms with E-state index in [-0.39, 0.29) is 5.91 Å². The zero-order chi connectivity index (χ0) is 19.1. The van der Waals surface area contributed by atoms with Crippen LogP contribution in [-0.2, 0) is 9.53 Å². The number of carbonyl (C=O) groups is 1. The minimum absolute atomic E-state index is 0.0896. The van der Waals surface area contributed by atoms with Gasteiger partial charge in [0.05, 0.1) is 31.8 Å². The van der Waals surface area contributed by atoms with Crippen LogP contribution in [0.3, 0.4) is 0 Å². The van der Waals surface area contributed by atoms with E-state index in [2.05, 4.69) is 13.8 Å². The zero-order valence-electron chi connectivity index (χ0n) is 15.6. The fourth-order valence-electron chi connectivity index (χ4n) is 2.32. The summed E-state index contributed by atoms with van der Waals surface area (Å²) in [5.41, 5.74) is 0.866. The molecule has 1 heterocycles. The van der Waals surface area contributed by atoms with Gasteiger partial charge < -0.3 is 14.2 Å². The van der Waals surface area contributed by atoms with E-state index < -0.39 is 0 Å². The van der Waals surface area contributed by atoms with Crippen molar-refractivity contribution in [1.82, 2.24) is 4.90 Å². The van der Waals surface area contributed by atoms with Gasteiger partial charge >= 0.3 is 0 Å². The van der Waals surface area contributed by atoms with Gasteiger partial charge in [-0.2, -0.15) is 0 Å². The molecule has 142 valence electrons. The van der Waals surface area contributed by atoms with Crippen LogP contribution >= 0.6 is 24.0 Å². The minimum Gasteiger partial charge on any atom is -0.493 e. The van der Waals surface area contributed by atoms with E-state index in [1.54, 1.807) is 19.1 Å². The van der Waals surface area contributed by atoms with E-state index in [1.807, 2.05) is 24.3 Å². The summed E-state index contributed by atoms with van der Waals surface area (Å²) in [5, 5.41) is 0. The van der Waals surface area contributed by atoms with Crippen molar-refractivity contribution in [3.8, 4) is 11.5 Å². The number of carbonyl (C=O) groups excluding carboxylic acids is 1. The van der Waals surface area contributed by atoms with Crippen molar-refractivity contribution in [2.75, 3.05) is 34.0 Å². The van der Waals surface area contributed by atoms with Gasteiger partial charge in [0.2, 0.25) is 0 Å². The van der Waals surface area contributed by atoms with Crippen LogP contribution in [0.4, 0.5) is 0 Å². The van der Waals surface area contributed by atoms with Gasteiger partial charge in [-0.1, -0.05) is 43.9 Å². The van der Waals surface area contributed by atoms with Crippen LogP contribution in [0, 0.1) is 5.92 Å². The molecule has 0 spiro atoms. The maximum absolute atomic E-state index is 12.5. The standard InChI is InChI=1S/C19H25NO4S2/c1-13(2)7-9-24-15-6-5-14(11-16(15)23-4)12-17-18(21)20(8-10-22-3)19(25)26-17/h5-6,11-13H,7-10H2,1-4H3/b17-12-. The van der Waals surface area contributed by atoms with Gasteiger partial charge in [-0.15, -0.1) is 0 Å². The Morgan fingerprint density at radius 2 is 2.00 bits per heavy atom. The maximum Gasteiger partial charge on any atom is 0.266 e. The Bertz CT molecular complexity index is 688. The van der Waals surface area contributed by atoms with Crippen LogP contribution in [0.1, 0.15) is 25.8 Å². The molecule has 0 radical (unpaired) electrons. The number of thioether (sulfide) groups is 1. The highest BCUT2D eigenvalue weighted by molar-refractivity contribution is 8.26. The molecule has 1 amide bonds. The van der Waals surface area contributed by atoms with Crippen molar-refractivity contribution in [2.45, 2.75) is 20.3 Å². The molecule has 26 heavy (non-hydrogen) atoms. The van der Waals surface area contributed by atoms with E-state index in [4.69, 9.17) is 26.4 Å². The smallest absolute Gasteiger partial charge is 0.266 e. The van der Waals surface area contributed by atoms with Crippen LogP contribution < -0.4 is 9.47 Å². The van der Waals surface area contributed by atoms with Crippen molar-refractivity contribution in [3.63, 3.8) is 0 Å². The number of amides is 1. The molecule has 1 aromatic carbocycles. The molecule has 7 heteroatoms. The average Bonchev–Trinajstić information content (AvgIpc) is 2.87. The molecule has 1 aliphatic heterocycles. The summed E-state index contributed by atoms with van der Waals surface area (Å²) < 4.78 is 16.8. The minimum atomic E-state index is -0.0896. The van der Waals surface area contributed by atoms with Crippen LogP contribution in [0.2, 0.25) is 0 Å². The molecule has 2 rings (SSSR count). The molecule has 0 unspecified atom stereocenters. The van der Waals surface area contributed by atoms with E-state index in [0.717, 1.165) is 12.0 Å². The first-order valence-electron chi connectivity index (χ1n) is 8.51. The Morgan fingerprint density at radius 3 is 2.65 bits per heavy atom. The van der Waals surface area contributed by atoms with E-state index in [1.165, 1.54) is 11.8 Å². The Labute approximate surface area is 164 Å². The Hall–Kier alpha value is -1.57. The van der Waals surface area contributed by atoms with Crippen LogP contribution in [-0.4, -0.2) is 49.1 Å². The Balaban J connectivity index is 2.12. The number of methoxy groups -OCH3 is 2. The van der Waals surface area contributed by atoms with Crippen molar-refractivity contribution in [2.24, 2.45) is 5.92 Å². The van der Waals surface area contributed by atoms with Crippen molar-refractivity contribution >= 4 is 40.3 Å². The highest BCUT2D eigenvalue weighted by Crippen LogP contribution is 2.34. The second-order valence-electron chi connectivity index (χ2n) is 6.27. The van der Waals surface area contributed by atoms with Gasteiger partial charge in [0.25, 0.3) is 5.91 Å². The predicted octanol–water partition coefficient (Wildman–Crippen LogP) is 3.97. The number of rotatable bonds is 9. The second kappa shape index (κ2) is 9.94. The lowest BCUT2D eigenvalue weighted by Gasteiger charge is -2.13. The van der Waals surface area contributed by atoms with Crippen molar-refractivity contribution < 1.29 is 19.0 Å². The lowest BCUT2D eigenvalue weighted by Crippen LogP contribution is -2.31. The summed E-state index contributed by atoms with van der Waals surface area (Å²) in [6.45, 7) is 5.88. The molecule has 0 saturated carbocycles. The summed E-state index contributed by atoms with van der Waals surface area (Å²) in [6.07, 6.45) is 2.81. The van der Waals surface area contributed by atoms with Crippen LogP contribution in [0.25, 0.3) is 6.08 Å². The van der Waals surface area contributed by atoms with E-state index in [9.17, 15) is 4.79 Å². The van der Waals surface area contributed by atoms with Gasteiger partial charge in [-0.3, -0.25) is 9.69 Å². The van der Waals surface area contributed by atoms with Crippen molar-refractivity contribution in [3.05, 3.63) is 28.7 Å². The van der Waals surface area contributed by atoms with Crippen LogP contribution in [0.15, 0.2) is 23.1 Å². The summed E-state index contributed by atoms with van der Waals surface area (Å²) in [4.78, 5) is 14.7. The average molecular weight is 396 g/mol. The highest BCUT2D eigenvalue weighted by atomic mass is 32.2. The van der Waals surface area contributed by atoms with Gasteiger partial charge in [-0.25, -0.2) is 0 Å². The molecule has 0 N–H and O–H groups in total. The molecule has 0 aliphatic carbocycles. The number of nitrogens with zero attached hydrogens (tertiary/aromatic N) is 1. The third-order valence-electron chi connectivity index (χ3n) is 3.83. The number of thiocarbonyl (C=S) groups is 1. The van der Waals surface area contributed by atoms with Crippen molar-refractivity contribution in [1.29, 1.82) is 0 Å². The highest BCUT2D eigenvalue weighted by Gasteiger charge is 2.31. The molecular weight excluding hydrogens is 370 g/mol. The zero-order valence-corrected chi connectivity index (χ0v) is 17.2. The van der Waals surface area contributed by atoms with Gasteiger partial charge in [0.15, 0.2) is 11.5 Å². The summed E-state index contributed by atoms with van der Waals surface area (Å²) >= 11 is 6.59. The molecule has 1 saturated heterocycles. The molecule has 1 aliphatic rings. The third-order valence-corrected chi connectivity index (χ3v) is 5.21. The largest absolute Gasteiger partial charge is 0.493 e. The first kappa shape index (κ1) is 20.7. The van der Waals surface area contributed by atoms with Crippen LogP contribution in [0.5, 0.6) is 11.5 Å². The molecular formula is C19H25NO4S2. The van der Waals surface area contributed by atoms with E-state index >= 15 is 0 Å². The molecule has 0 aromatic heterocycles. The van der Waals surface area contributed by atoms with Gasteiger partial charge in [-0.05, 0) is 36.1 Å². The first-order chi connectivity index (χ1) is 12.5. The first-order valence-corrected chi connectivity index (χ1v) is 9.74. The lowest BCUT2D eigenvalue weighted by atomic mass is 10.1. The molecule has 0 atom stereocenters. The Kier molecular flexibility index (Phi) is 7.93. The monoisotopic (exact) mass is 395 g/mol. The Morgan fingerprint density at radius 1 is 1.23 bits per heavy atom. The fraction of sp³-hybridized carbons (Fsp3) is 0.474. The number of hydrogen-bond donors (Lipinski definition) is 0. The molecule has 1 aromatic rings. The quantitative estimate of drug-likeness (QED) is 0.466. The van der Waals surface area contributed by atoms with E-state index in [0.29, 0.717) is 46.4 Å². The number of benzene rings is 1. The third kappa shape index (κ3) is 5.46. The summed E-state index contributed by atoms with van der Waals surface area (Å²) in [5.74, 6) is 1.85. The van der Waals surface area contributed by atoms with Gasteiger partial charge in [0, 0.05) is 7.11 Å². The molecule has 0 bridgehead atoms. The number of hydrogen-bond acceptors (Lipinski definition) is 6. The maximum atomic E-state index is 12.5. The summed E-state index contributed by atoms with van der Waals surface area (Å²) in [6, 6.07) is 5.65. The topological polar surface area (TPSA) is 48.0 Å².